The first-order valence-electron chi connectivity index (χ1n) is 3.45. The predicted octanol–water partition coefficient (Wildman–Crippen LogP) is 2.44. The Morgan fingerprint density at radius 2 is 2.00 bits per heavy atom. The molecule has 0 saturated heterocycles. The van der Waals surface area contributed by atoms with Gasteiger partial charge in [-0.3, -0.25) is 0 Å². The number of halogens is 1. The minimum atomic E-state index is -0.433. The predicted molar refractivity (Wildman–Crippen MR) is 46.8 cm³/mol. The fraction of sp³-hybridized carbons (Fsp3) is 0.222. The van der Waals surface area contributed by atoms with Gasteiger partial charge in [-0.25, -0.2) is 0 Å². The van der Waals surface area contributed by atoms with Gasteiger partial charge in [0.15, 0.2) is 5.56 Å². The Balaban J connectivity index is 2.86. The van der Waals surface area contributed by atoms with E-state index < -0.39 is 5.56 Å². The van der Waals surface area contributed by atoms with Gasteiger partial charge >= 0.3 is 0 Å². The van der Waals surface area contributed by atoms with Crippen molar-refractivity contribution in [3.8, 4) is 6.07 Å². The van der Waals surface area contributed by atoms with Gasteiger partial charge in [-0.05, 0) is 17.7 Å². The molecule has 0 aliphatic rings. The van der Waals surface area contributed by atoms with Crippen LogP contribution in [0.15, 0.2) is 24.3 Å². The molecule has 0 saturated carbocycles. The third-order valence-corrected chi connectivity index (χ3v) is 1.94. The number of ether oxygens (including phenoxy) is 1. The Kier molecular flexibility index (Phi) is 3.09. The van der Waals surface area contributed by atoms with Crippen LogP contribution in [0.25, 0.3) is 0 Å². The summed E-state index contributed by atoms with van der Waals surface area (Å²) in [6, 6.07) is 9.01. The van der Waals surface area contributed by atoms with Crippen LogP contribution in [0.3, 0.4) is 0 Å². The van der Waals surface area contributed by atoms with E-state index in [1.165, 1.54) is 7.11 Å². The monoisotopic (exact) mass is 181 g/mol. The fourth-order valence-electron chi connectivity index (χ4n) is 0.845. The quantitative estimate of drug-likeness (QED) is 0.657. The number of hydrogen-bond acceptors (Lipinski definition) is 2. The van der Waals surface area contributed by atoms with Gasteiger partial charge in [0, 0.05) is 7.11 Å². The van der Waals surface area contributed by atoms with E-state index in [2.05, 4.69) is 0 Å². The topological polar surface area (TPSA) is 33.0 Å². The molecule has 0 aliphatic heterocycles. The third-order valence-electron chi connectivity index (χ3n) is 1.51. The van der Waals surface area contributed by atoms with Crippen molar-refractivity contribution >= 4 is 11.6 Å². The molecule has 0 aliphatic carbocycles. The number of benzene rings is 1. The van der Waals surface area contributed by atoms with Gasteiger partial charge in [-0.15, -0.1) is 0 Å². The maximum absolute atomic E-state index is 8.51. The smallest absolute Gasteiger partial charge is 0.156 e. The maximum atomic E-state index is 8.51. The van der Waals surface area contributed by atoms with Crippen molar-refractivity contribution in [1.29, 1.82) is 5.26 Å². The Bertz CT molecular complexity index is 288. The summed E-state index contributed by atoms with van der Waals surface area (Å²) in [7, 11) is 1.54. The lowest BCUT2D eigenvalue weighted by Crippen LogP contribution is -1.91. The van der Waals surface area contributed by atoms with E-state index in [9.17, 15) is 0 Å². The lowest BCUT2D eigenvalue weighted by atomic mass is 10.1. The van der Waals surface area contributed by atoms with Crippen molar-refractivity contribution in [3.63, 3.8) is 0 Å². The van der Waals surface area contributed by atoms with Gasteiger partial charge in [-0.2, -0.15) is 5.26 Å². The van der Waals surface area contributed by atoms with Crippen molar-refractivity contribution in [1.82, 2.24) is 0 Å². The maximum Gasteiger partial charge on any atom is 0.156 e. The molecule has 0 fully saturated rings. The first-order valence-corrected chi connectivity index (χ1v) is 3.88. The number of nitrogens with zero attached hydrogens (tertiary/aromatic N) is 1. The van der Waals surface area contributed by atoms with E-state index in [1.807, 2.05) is 6.07 Å². The van der Waals surface area contributed by atoms with E-state index in [-0.39, 0.29) is 0 Å². The van der Waals surface area contributed by atoms with E-state index in [4.69, 9.17) is 21.6 Å². The molecule has 1 atom stereocenters. The number of hydrogen-bond donors (Lipinski definition) is 0. The standard InChI is InChI=1S/C9H8ClNO/c1-12-9(10)8-4-2-7(6-11)3-5-8/h2-5,9H,1H3. The summed E-state index contributed by atoms with van der Waals surface area (Å²) in [4.78, 5) is 0. The number of rotatable bonds is 2. The van der Waals surface area contributed by atoms with Crippen LogP contribution in [0.4, 0.5) is 0 Å². The molecule has 0 heterocycles. The van der Waals surface area contributed by atoms with Gasteiger partial charge in [0.1, 0.15) is 0 Å². The second kappa shape index (κ2) is 4.10. The minimum Gasteiger partial charge on any atom is -0.361 e. The van der Waals surface area contributed by atoms with Crippen LogP contribution in [0, 0.1) is 11.3 Å². The Hall–Kier alpha value is -1.04. The van der Waals surface area contributed by atoms with E-state index >= 15 is 0 Å². The summed E-state index contributed by atoms with van der Waals surface area (Å²) in [6.07, 6.45) is 0. The van der Waals surface area contributed by atoms with Crippen molar-refractivity contribution in [2.75, 3.05) is 7.11 Å². The Morgan fingerprint density at radius 1 is 1.42 bits per heavy atom. The SMILES string of the molecule is COC(Cl)c1ccc(C#N)cc1. The zero-order chi connectivity index (χ0) is 8.97. The molecule has 3 heteroatoms. The van der Waals surface area contributed by atoms with Gasteiger partial charge in [0.05, 0.1) is 11.6 Å². The molecule has 0 aromatic heterocycles. The van der Waals surface area contributed by atoms with Gasteiger partial charge in [0.25, 0.3) is 0 Å². The van der Waals surface area contributed by atoms with Crippen LogP contribution in [-0.2, 0) is 4.74 Å². The summed E-state index contributed by atoms with van der Waals surface area (Å²) < 4.78 is 4.89. The lowest BCUT2D eigenvalue weighted by Gasteiger charge is -2.06. The summed E-state index contributed by atoms with van der Waals surface area (Å²) in [6.45, 7) is 0. The summed E-state index contributed by atoms with van der Waals surface area (Å²) in [5, 5.41) is 8.51. The van der Waals surface area contributed by atoms with Crippen LogP contribution in [0.5, 0.6) is 0 Å². The molecule has 1 unspecified atom stereocenters. The zero-order valence-electron chi connectivity index (χ0n) is 6.62. The first-order chi connectivity index (χ1) is 5.77. The minimum absolute atomic E-state index is 0.433. The number of methoxy groups -OCH3 is 1. The summed E-state index contributed by atoms with van der Waals surface area (Å²) >= 11 is 5.78. The highest BCUT2D eigenvalue weighted by Crippen LogP contribution is 2.20. The Morgan fingerprint density at radius 3 is 2.42 bits per heavy atom. The Labute approximate surface area is 76.3 Å². The molecule has 0 amide bonds. The van der Waals surface area contributed by atoms with Crippen LogP contribution in [-0.4, -0.2) is 7.11 Å². The molecule has 0 bridgehead atoms. The molecule has 12 heavy (non-hydrogen) atoms. The molecule has 0 spiro atoms. The normalized spacial score (nSPS) is 12.1. The highest BCUT2D eigenvalue weighted by Gasteiger charge is 2.04. The molecule has 1 rings (SSSR count). The van der Waals surface area contributed by atoms with Crippen LogP contribution >= 0.6 is 11.6 Å². The highest BCUT2D eigenvalue weighted by molar-refractivity contribution is 6.19. The number of nitriles is 1. The molecule has 0 N–H and O–H groups in total. The highest BCUT2D eigenvalue weighted by atomic mass is 35.5. The largest absolute Gasteiger partial charge is 0.361 e. The molecule has 0 radical (unpaired) electrons. The number of alkyl halides is 1. The van der Waals surface area contributed by atoms with Gasteiger partial charge < -0.3 is 4.74 Å². The third kappa shape index (κ3) is 1.97. The zero-order valence-corrected chi connectivity index (χ0v) is 7.38. The van der Waals surface area contributed by atoms with Crippen molar-refractivity contribution in [2.45, 2.75) is 5.56 Å². The molecule has 62 valence electrons. The molecular weight excluding hydrogens is 174 g/mol. The summed E-state index contributed by atoms with van der Waals surface area (Å²) in [5.74, 6) is 0. The second-order valence-electron chi connectivity index (χ2n) is 2.29. The van der Waals surface area contributed by atoms with E-state index in [0.29, 0.717) is 5.56 Å². The molecular formula is C9H8ClNO. The van der Waals surface area contributed by atoms with Crippen molar-refractivity contribution in [2.24, 2.45) is 0 Å². The summed E-state index contributed by atoms with van der Waals surface area (Å²) in [5.41, 5.74) is 1.05. The lowest BCUT2D eigenvalue weighted by molar-refractivity contribution is 0.170. The van der Waals surface area contributed by atoms with E-state index in [0.717, 1.165) is 5.56 Å². The molecule has 1 aromatic rings. The average Bonchev–Trinajstić information content (AvgIpc) is 2.17. The average molecular weight is 182 g/mol. The van der Waals surface area contributed by atoms with Crippen LogP contribution in [0.2, 0.25) is 0 Å². The molecule has 2 nitrogen and oxygen atoms in total. The fourth-order valence-corrected chi connectivity index (χ4v) is 0.991. The molecule has 1 aromatic carbocycles. The van der Waals surface area contributed by atoms with Crippen LogP contribution < -0.4 is 0 Å². The van der Waals surface area contributed by atoms with Crippen molar-refractivity contribution < 1.29 is 4.74 Å². The van der Waals surface area contributed by atoms with Gasteiger partial charge in [0.2, 0.25) is 0 Å². The first kappa shape index (κ1) is 9.05. The van der Waals surface area contributed by atoms with Crippen LogP contribution in [0.1, 0.15) is 16.7 Å². The second-order valence-corrected chi connectivity index (χ2v) is 2.68. The van der Waals surface area contributed by atoms with Crippen molar-refractivity contribution in [3.05, 3.63) is 35.4 Å². The van der Waals surface area contributed by atoms with E-state index in [1.54, 1.807) is 24.3 Å². The van der Waals surface area contributed by atoms with Gasteiger partial charge in [-0.1, -0.05) is 23.7 Å².